The average molecular weight is 203 g/mol. The number of methoxy groups -OCH3 is 2. The zero-order valence-electron chi connectivity index (χ0n) is 10.1. The van der Waals surface area contributed by atoms with Gasteiger partial charge in [-0.05, 0) is 18.9 Å². The molecule has 0 aliphatic carbocycles. The normalized spacial score (nSPS) is 11.6. The van der Waals surface area contributed by atoms with Crippen molar-refractivity contribution >= 4 is 0 Å². The fourth-order valence-electron chi connectivity index (χ4n) is 1.22. The summed E-state index contributed by atoms with van der Waals surface area (Å²) in [5.74, 6) is 0.766. The van der Waals surface area contributed by atoms with Gasteiger partial charge in [0.25, 0.3) is 0 Å². The number of rotatable bonds is 9. The fraction of sp³-hybridized carbons (Fsp3) is 1.00. The first-order chi connectivity index (χ1) is 6.70. The molecule has 3 nitrogen and oxygen atoms in total. The predicted molar refractivity (Wildman–Crippen MR) is 59.6 cm³/mol. The van der Waals surface area contributed by atoms with Gasteiger partial charge in [-0.25, -0.2) is 0 Å². The summed E-state index contributed by atoms with van der Waals surface area (Å²) in [6.07, 6.45) is 1.24. The Balaban J connectivity index is 3.60. The highest BCUT2D eigenvalue weighted by atomic mass is 16.5. The molecule has 0 spiro atoms. The van der Waals surface area contributed by atoms with E-state index in [-0.39, 0.29) is 0 Å². The van der Waals surface area contributed by atoms with E-state index in [4.69, 9.17) is 9.47 Å². The van der Waals surface area contributed by atoms with Crippen LogP contribution in [0.3, 0.4) is 0 Å². The third kappa shape index (κ3) is 8.48. The lowest BCUT2D eigenvalue weighted by Gasteiger charge is -2.22. The van der Waals surface area contributed by atoms with Crippen molar-refractivity contribution in [1.29, 1.82) is 0 Å². The van der Waals surface area contributed by atoms with E-state index < -0.39 is 0 Å². The minimum atomic E-state index is 0.766. The lowest BCUT2D eigenvalue weighted by Crippen LogP contribution is -2.32. The van der Waals surface area contributed by atoms with E-state index in [0.29, 0.717) is 0 Å². The molecule has 0 amide bonds. The van der Waals surface area contributed by atoms with Gasteiger partial charge in [-0.3, -0.25) is 4.90 Å². The van der Waals surface area contributed by atoms with Crippen molar-refractivity contribution in [2.45, 2.75) is 20.3 Å². The van der Waals surface area contributed by atoms with Gasteiger partial charge < -0.3 is 9.47 Å². The van der Waals surface area contributed by atoms with E-state index in [9.17, 15) is 0 Å². The van der Waals surface area contributed by atoms with Crippen molar-refractivity contribution in [2.75, 3.05) is 47.1 Å². The second-order valence-corrected chi connectivity index (χ2v) is 4.01. The summed E-state index contributed by atoms with van der Waals surface area (Å²) in [6, 6.07) is 0. The molecule has 0 aromatic rings. The van der Waals surface area contributed by atoms with Gasteiger partial charge in [0, 0.05) is 27.3 Å². The van der Waals surface area contributed by atoms with Crippen LogP contribution >= 0.6 is 0 Å². The van der Waals surface area contributed by atoms with Crippen molar-refractivity contribution in [3.05, 3.63) is 0 Å². The van der Waals surface area contributed by atoms with Crippen molar-refractivity contribution < 1.29 is 9.47 Å². The summed E-state index contributed by atoms with van der Waals surface area (Å²) in [4.78, 5) is 2.40. The van der Waals surface area contributed by atoms with E-state index in [0.717, 1.165) is 38.8 Å². The summed E-state index contributed by atoms with van der Waals surface area (Å²) in [5.41, 5.74) is 0. The maximum Gasteiger partial charge on any atom is 0.0589 e. The summed E-state index contributed by atoms with van der Waals surface area (Å²) < 4.78 is 10.2. The molecular weight excluding hydrogens is 178 g/mol. The van der Waals surface area contributed by atoms with Crippen molar-refractivity contribution in [2.24, 2.45) is 5.92 Å². The number of hydrogen-bond acceptors (Lipinski definition) is 3. The molecule has 0 unspecified atom stereocenters. The lowest BCUT2D eigenvalue weighted by molar-refractivity contribution is 0.111. The van der Waals surface area contributed by atoms with Crippen molar-refractivity contribution in [3.63, 3.8) is 0 Å². The van der Waals surface area contributed by atoms with Crippen LogP contribution in [0.25, 0.3) is 0 Å². The molecule has 0 saturated heterocycles. The Morgan fingerprint density at radius 1 is 0.929 bits per heavy atom. The molecule has 0 bridgehead atoms. The zero-order valence-corrected chi connectivity index (χ0v) is 10.1. The van der Waals surface area contributed by atoms with Crippen LogP contribution in [0.5, 0.6) is 0 Å². The topological polar surface area (TPSA) is 21.7 Å². The van der Waals surface area contributed by atoms with Crippen LogP contribution in [0, 0.1) is 5.92 Å². The molecule has 0 radical (unpaired) electrons. The van der Waals surface area contributed by atoms with Gasteiger partial charge in [-0.15, -0.1) is 0 Å². The maximum absolute atomic E-state index is 5.08. The van der Waals surface area contributed by atoms with Gasteiger partial charge in [0.2, 0.25) is 0 Å². The smallest absolute Gasteiger partial charge is 0.0589 e. The van der Waals surface area contributed by atoms with Gasteiger partial charge in [0.15, 0.2) is 0 Å². The third-order valence-electron chi connectivity index (χ3n) is 2.25. The standard InChI is InChI=1S/C11H25NO2/c1-11(2)5-6-12(7-9-13-3)8-10-14-4/h11H,5-10H2,1-4H3. The largest absolute Gasteiger partial charge is 0.383 e. The molecular formula is C11H25NO2. The molecule has 0 heterocycles. The zero-order chi connectivity index (χ0) is 10.8. The molecule has 0 rings (SSSR count). The Kier molecular flexibility index (Phi) is 9.35. The fourth-order valence-corrected chi connectivity index (χ4v) is 1.22. The minimum absolute atomic E-state index is 0.766. The minimum Gasteiger partial charge on any atom is -0.383 e. The first kappa shape index (κ1) is 13.9. The molecule has 0 aliphatic rings. The molecule has 0 aliphatic heterocycles. The van der Waals surface area contributed by atoms with Gasteiger partial charge in [-0.1, -0.05) is 13.8 Å². The van der Waals surface area contributed by atoms with E-state index in [2.05, 4.69) is 18.7 Å². The van der Waals surface area contributed by atoms with Gasteiger partial charge >= 0.3 is 0 Å². The highest BCUT2D eigenvalue weighted by Crippen LogP contribution is 2.01. The molecule has 14 heavy (non-hydrogen) atoms. The Morgan fingerprint density at radius 3 is 1.79 bits per heavy atom. The summed E-state index contributed by atoms with van der Waals surface area (Å²) >= 11 is 0. The van der Waals surface area contributed by atoms with E-state index in [1.54, 1.807) is 14.2 Å². The Morgan fingerprint density at radius 2 is 1.43 bits per heavy atom. The van der Waals surface area contributed by atoms with Crippen LogP contribution in [0.2, 0.25) is 0 Å². The van der Waals surface area contributed by atoms with Crippen LogP contribution in [-0.2, 0) is 9.47 Å². The first-order valence-electron chi connectivity index (χ1n) is 5.41. The SMILES string of the molecule is COCCN(CCOC)CCC(C)C. The van der Waals surface area contributed by atoms with Gasteiger partial charge in [0.05, 0.1) is 13.2 Å². The second-order valence-electron chi connectivity index (χ2n) is 4.01. The Bertz CT molecular complexity index is 110. The molecule has 0 saturated carbocycles. The molecule has 0 aromatic carbocycles. The molecule has 0 aromatic heterocycles. The molecule has 3 heteroatoms. The van der Waals surface area contributed by atoms with Crippen LogP contribution in [-0.4, -0.2) is 52.0 Å². The van der Waals surface area contributed by atoms with E-state index in [1.165, 1.54) is 6.42 Å². The third-order valence-corrected chi connectivity index (χ3v) is 2.25. The van der Waals surface area contributed by atoms with Crippen LogP contribution < -0.4 is 0 Å². The van der Waals surface area contributed by atoms with Gasteiger partial charge in [-0.2, -0.15) is 0 Å². The van der Waals surface area contributed by atoms with E-state index >= 15 is 0 Å². The first-order valence-corrected chi connectivity index (χ1v) is 5.41. The van der Waals surface area contributed by atoms with E-state index in [1.807, 2.05) is 0 Å². The maximum atomic E-state index is 5.08. The molecule has 0 N–H and O–H groups in total. The van der Waals surface area contributed by atoms with Crippen LogP contribution in [0.1, 0.15) is 20.3 Å². The molecule has 86 valence electrons. The highest BCUT2D eigenvalue weighted by molar-refractivity contribution is 4.58. The van der Waals surface area contributed by atoms with Crippen molar-refractivity contribution in [3.8, 4) is 0 Å². The molecule has 0 fully saturated rings. The summed E-state index contributed by atoms with van der Waals surface area (Å²) in [7, 11) is 3.49. The second kappa shape index (κ2) is 9.44. The van der Waals surface area contributed by atoms with Crippen molar-refractivity contribution in [1.82, 2.24) is 4.90 Å². The number of nitrogens with zero attached hydrogens (tertiary/aromatic N) is 1. The van der Waals surface area contributed by atoms with Crippen LogP contribution in [0.4, 0.5) is 0 Å². The molecule has 0 atom stereocenters. The number of hydrogen-bond donors (Lipinski definition) is 0. The lowest BCUT2D eigenvalue weighted by atomic mass is 10.1. The van der Waals surface area contributed by atoms with Gasteiger partial charge in [0.1, 0.15) is 0 Å². The predicted octanol–water partition coefficient (Wildman–Crippen LogP) is 1.63. The number of ether oxygens (including phenoxy) is 2. The summed E-state index contributed by atoms with van der Waals surface area (Å²) in [6.45, 7) is 9.28. The Hall–Kier alpha value is -0.120. The summed E-state index contributed by atoms with van der Waals surface area (Å²) in [5, 5.41) is 0. The van der Waals surface area contributed by atoms with Crippen LogP contribution in [0.15, 0.2) is 0 Å². The Labute approximate surface area is 88.4 Å². The average Bonchev–Trinajstić information content (AvgIpc) is 2.16. The quantitative estimate of drug-likeness (QED) is 0.568. The monoisotopic (exact) mass is 203 g/mol. The highest BCUT2D eigenvalue weighted by Gasteiger charge is 2.05.